The van der Waals surface area contributed by atoms with Crippen LogP contribution in [-0.2, 0) is 17.6 Å². The van der Waals surface area contributed by atoms with Crippen molar-refractivity contribution >= 4 is 0 Å². The van der Waals surface area contributed by atoms with Crippen LogP contribution in [0.5, 0.6) is 0 Å². The molecule has 0 amide bonds. The molecule has 2 rings (SSSR count). The molecule has 0 radical (unpaired) electrons. The van der Waals surface area contributed by atoms with Crippen LogP contribution in [-0.4, -0.2) is 29.4 Å². The number of aryl methyl sites for hydroxylation is 2. The predicted octanol–water partition coefficient (Wildman–Crippen LogP) is 5.96. The first kappa shape index (κ1) is 21.5. The van der Waals surface area contributed by atoms with Crippen molar-refractivity contribution in [1.29, 1.82) is 0 Å². The Labute approximate surface area is 163 Å². The Bertz CT molecular complexity index is 628. The van der Waals surface area contributed by atoms with E-state index >= 15 is 0 Å². The molecule has 2 aromatic rings. The predicted molar refractivity (Wildman–Crippen MR) is 110 cm³/mol. The molecule has 1 aromatic heterocycles. The summed E-state index contributed by atoms with van der Waals surface area (Å²) in [5, 5.41) is 0. The normalized spacial score (nSPS) is 12.3. The first-order chi connectivity index (χ1) is 13.2. The Hall–Kier alpha value is -1.81. The first-order valence-electron chi connectivity index (χ1n) is 10.3. The lowest BCUT2D eigenvalue weighted by molar-refractivity contribution is 0.0768. The van der Waals surface area contributed by atoms with Crippen LogP contribution in [0, 0.1) is 0 Å². The fourth-order valence-corrected chi connectivity index (χ4v) is 2.89. The largest absolute Gasteiger partial charge is 0.378 e. The summed E-state index contributed by atoms with van der Waals surface area (Å²) in [6.07, 6.45) is 11.4. The zero-order valence-electron chi connectivity index (χ0n) is 16.8. The number of aromatic nitrogens is 2. The average molecular weight is 373 g/mol. The van der Waals surface area contributed by atoms with Gasteiger partial charge in [0.05, 0.1) is 6.61 Å². The summed E-state index contributed by atoms with van der Waals surface area (Å²) in [6.45, 7) is 4.91. The van der Waals surface area contributed by atoms with Crippen LogP contribution in [0.3, 0.4) is 0 Å². The highest BCUT2D eigenvalue weighted by atomic mass is 19.1. The Kier molecular flexibility index (Phi) is 9.99. The van der Waals surface area contributed by atoms with E-state index in [0.717, 1.165) is 37.1 Å². The lowest BCUT2D eigenvalue weighted by atomic mass is 10.1. The highest BCUT2D eigenvalue weighted by molar-refractivity contribution is 5.55. The minimum Gasteiger partial charge on any atom is -0.378 e. The summed E-state index contributed by atoms with van der Waals surface area (Å²) in [5.41, 5.74) is 3.56. The van der Waals surface area contributed by atoms with Crippen LogP contribution in [0.1, 0.15) is 63.5 Å². The summed E-state index contributed by atoms with van der Waals surface area (Å²) < 4.78 is 18.4. The molecule has 0 aliphatic heterocycles. The molecule has 27 heavy (non-hydrogen) atoms. The lowest BCUT2D eigenvalue weighted by Gasteiger charge is -2.07. The SMILES string of the molecule is CCCCCc1cnc(-c2ccc(CCCCOCC(F)CC)cc2)nc1. The Morgan fingerprint density at radius 1 is 0.889 bits per heavy atom. The molecule has 0 aliphatic rings. The van der Waals surface area contributed by atoms with Crippen molar-refractivity contribution in [3.05, 3.63) is 47.8 Å². The standard InChI is InChI=1S/C23H33FN2O/c1-3-5-6-10-20-16-25-23(26-17-20)21-13-11-19(12-14-21)9-7-8-15-27-18-22(24)4-2/h11-14,16-17,22H,3-10,15,18H2,1-2H3. The van der Waals surface area contributed by atoms with Gasteiger partial charge in [-0.3, -0.25) is 0 Å². The number of ether oxygens (including phenoxy) is 1. The highest BCUT2D eigenvalue weighted by Crippen LogP contribution is 2.17. The maximum absolute atomic E-state index is 13.0. The van der Waals surface area contributed by atoms with Gasteiger partial charge in [-0.15, -0.1) is 0 Å². The van der Waals surface area contributed by atoms with Crippen LogP contribution < -0.4 is 0 Å². The Morgan fingerprint density at radius 2 is 1.56 bits per heavy atom. The van der Waals surface area contributed by atoms with Gasteiger partial charge in [0.2, 0.25) is 0 Å². The van der Waals surface area contributed by atoms with Gasteiger partial charge >= 0.3 is 0 Å². The van der Waals surface area contributed by atoms with Crippen molar-refractivity contribution < 1.29 is 9.13 Å². The summed E-state index contributed by atoms with van der Waals surface area (Å²) in [5.74, 6) is 0.783. The number of hydrogen-bond donors (Lipinski definition) is 0. The number of hydrogen-bond acceptors (Lipinski definition) is 3. The molecule has 0 N–H and O–H groups in total. The molecule has 1 atom stereocenters. The van der Waals surface area contributed by atoms with Gasteiger partial charge in [-0.25, -0.2) is 14.4 Å². The molecule has 0 fully saturated rings. The van der Waals surface area contributed by atoms with Crippen molar-refractivity contribution in [2.24, 2.45) is 0 Å². The minimum atomic E-state index is -0.829. The van der Waals surface area contributed by atoms with E-state index in [-0.39, 0.29) is 6.61 Å². The van der Waals surface area contributed by atoms with Gasteiger partial charge in [-0.1, -0.05) is 51.0 Å². The number of rotatable bonds is 13. The fourth-order valence-electron chi connectivity index (χ4n) is 2.89. The van der Waals surface area contributed by atoms with E-state index in [1.165, 1.54) is 30.4 Å². The van der Waals surface area contributed by atoms with Crippen molar-refractivity contribution in [2.75, 3.05) is 13.2 Å². The number of nitrogens with zero attached hydrogens (tertiary/aromatic N) is 2. The van der Waals surface area contributed by atoms with Gasteiger partial charge in [-0.2, -0.15) is 0 Å². The lowest BCUT2D eigenvalue weighted by Crippen LogP contribution is -2.09. The first-order valence-corrected chi connectivity index (χ1v) is 10.3. The molecule has 1 aromatic carbocycles. The van der Waals surface area contributed by atoms with Gasteiger partial charge in [-0.05, 0) is 49.7 Å². The van der Waals surface area contributed by atoms with E-state index in [1.54, 1.807) is 0 Å². The zero-order chi connectivity index (χ0) is 19.3. The maximum atomic E-state index is 13.0. The topological polar surface area (TPSA) is 35.0 Å². The molecular formula is C23H33FN2O. The second-order valence-electron chi connectivity index (χ2n) is 7.11. The maximum Gasteiger partial charge on any atom is 0.159 e. The summed E-state index contributed by atoms with van der Waals surface area (Å²) in [6, 6.07) is 8.46. The summed E-state index contributed by atoms with van der Waals surface area (Å²) in [7, 11) is 0. The Balaban J connectivity index is 1.73. The number of benzene rings is 1. The van der Waals surface area contributed by atoms with Crippen molar-refractivity contribution in [3.63, 3.8) is 0 Å². The van der Waals surface area contributed by atoms with Gasteiger partial charge in [0.1, 0.15) is 6.17 Å². The Morgan fingerprint density at radius 3 is 2.22 bits per heavy atom. The molecule has 0 spiro atoms. The van der Waals surface area contributed by atoms with Crippen molar-refractivity contribution in [1.82, 2.24) is 9.97 Å². The smallest absolute Gasteiger partial charge is 0.159 e. The zero-order valence-corrected chi connectivity index (χ0v) is 16.8. The molecule has 0 saturated carbocycles. The third kappa shape index (κ3) is 8.17. The monoisotopic (exact) mass is 372 g/mol. The van der Waals surface area contributed by atoms with Crippen LogP contribution >= 0.6 is 0 Å². The van der Waals surface area contributed by atoms with Gasteiger partial charge in [0.15, 0.2) is 5.82 Å². The third-order valence-corrected chi connectivity index (χ3v) is 4.73. The molecule has 1 unspecified atom stereocenters. The van der Waals surface area contributed by atoms with E-state index in [2.05, 4.69) is 41.2 Å². The summed E-state index contributed by atoms with van der Waals surface area (Å²) >= 11 is 0. The highest BCUT2D eigenvalue weighted by Gasteiger charge is 2.04. The molecule has 148 valence electrons. The van der Waals surface area contributed by atoms with Crippen LogP contribution in [0.4, 0.5) is 4.39 Å². The van der Waals surface area contributed by atoms with E-state index in [4.69, 9.17) is 4.74 Å². The molecule has 4 heteroatoms. The third-order valence-electron chi connectivity index (χ3n) is 4.73. The fraction of sp³-hybridized carbons (Fsp3) is 0.565. The minimum absolute atomic E-state index is 0.225. The number of halogens is 1. The molecule has 1 heterocycles. The molecular weight excluding hydrogens is 339 g/mol. The van der Waals surface area contributed by atoms with Gasteiger partial charge in [0.25, 0.3) is 0 Å². The van der Waals surface area contributed by atoms with Crippen molar-refractivity contribution in [2.45, 2.75) is 71.4 Å². The van der Waals surface area contributed by atoms with E-state index in [9.17, 15) is 4.39 Å². The van der Waals surface area contributed by atoms with Crippen LogP contribution in [0.2, 0.25) is 0 Å². The number of unbranched alkanes of at least 4 members (excludes halogenated alkanes) is 3. The van der Waals surface area contributed by atoms with E-state index in [0.29, 0.717) is 13.0 Å². The van der Waals surface area contributed by atoms with Gasteiger partial charge in [0, 0.05) is 24.6 Å². The van der Waals surface area contributed by atoms with Crippen LogP contribution in [0.15, 0.2) is 36.7 Å². The summed E-state index contributed by atoms with van der Waals surface area (Å²) in [4.78, 5) is 9.03. The molecule has 0 aliphatic carbocycles. The average Bonchev–Trinajstić information content (AvgIpc) is 2.71. The van der Waals surface area contributed by atoms with Gasteiger partial charge < -0.3 is 4.74 Å². The second kappa shape index (κ2) is 12.6. The molecule has 0 saturated heterocycles. The molecule has 0 bridgehead atoms. The van der Waals surface area contributed by atoms with E-state index < -0.39 is 6.17 Å². The second-order valence-corrected chi connectivity index (χ2v) is 7.11. The van der Waals surface area contributed by atoms with Crippen LogP contribution in [0.25, 0.3) is 11.4 Å². The number of alkyl halides is 1. The molecule has 3 nitrogen and oxygen atoms in total. The van der Waals surface area contributed by atoms with E-state index in [1.807, 2.05) is 19.3 Å². The quantitative estimate of drug-likeness (QED) is 0.407. The van der Waals surface area contributed by atoms with Crippen molar-refractivity contribution in [3.8, 4) is 11.4 Å².